The molecule has 35 heavy (non-hydrogen) atoms. The largest absolute Gasteiger partial charge is 0.494 e. The first kappa shape index (κ1) is 27.3. The van der Waals surface area contributed by atoms with Crippen molar-refractivity contribution in [2.45, 2.75) is 44.2 Å². The number of aliphatic imine (C=N–C) groups is 1. The summed E-state index contributed by atoms with van der Waals surface area (Å²) >= 11 is 12.2. The van der Waals surface area contributed by atoms with Crippen LogP contribution >= 0.6 is 23.2 Å². The van der Waals surface area contributed by atoms with E-state index >= 15 is 0 Å². The highest BCUT2D eigenvalue weighted by molar-refractivity contribution is 7.94. The van der Waals surface area contributed by atoms with Crippen LogP contribution in [0.3, 0.4) is 0 Å². The van der Waals surface area contributed by atoms with E-state index in [-0.39, 0.29) is 34.4 Å². The van der Waals surface area contributed by atoms with Crippen LogP contribution < -0.4 is 4.72 Å². The minimum Gasteiger partial charge on any atom is -0.494 e. The Labute approximate surface area is 211 Å². The van der Waals surface area contributed by atoms with Crippen molar-refractivity contribution >= 4 is 45.3 Å². The molecule has 190 valence electrons. The number of ether oxygens (including phenoxy) is 1. The topological polar surface area (TPSA) is 84.8 Å². The third-order valence-electron chi connectivity index (χ3n) is 5.36. The van der Waals surface area contributed by atoms with Crippen LogP contribution in [0, 0.1) is 5.92 Å². The van der Waals surface area contributed by atoms with Crippen molar-refractivity contribution in [1.29, 1.82) is 0 Å². The van der Waals surface area contributed by atoms with Crippen LogP contribution in [0.5, 0.6) is 0 Å². The summed E-state index contributed by atoms with van der Waals surface area (Å²) in [6.45, 7) is 3.60. The lowest BCUT2D eigenvalue weighted by Gasteiger charge is -2.27. The predicted molar refractivity (Wildman–Crippen MR) is 129 cm³/mol. The molecule has 1 aromatic carbocycles. The third-order valence-corrected chi connectivity index (χ3v) is 7.65. The minimum absolute atomic E-state index is 0.0265. The summed E-state index contributed by atoms with van der Waals surface area (Å²) in [5, 5.41) is -0.0265. The van der Waals surface area contributed by atoms with Gasteiger partial charge < -0.3 is 4.74 Å². The van der Waals surface area contributed by atoms with Gasteiger partial charge >= 0.3 is 6.18 Å². The lowest BCUT2D eigenvalue weighted by Crippen LogP contribution is -2.38. The second kappa shape index (κ2) is 10.4. The average Bonchev–Trinajstić information content (AvgIpc) is 3.21. The molecule has 0 fully saturated rings. The van der Waals surface area contributed by atoms with Crippen molar-refractivity contribution in [1.82, 2.24) is 4.72 Å². The molecule has 2 atom stereocenters. The molecule has 1 aromatic rings. The van der Waals surface area contributed by atoms with Gasteiger partial charge in [-0.15, -0.1) is 11.6 Å². The van der Waals surface area contributed by atoms with Crippen molar-refractivity contribution in [3.05, 3.63) is 68.9 Å². The Morgan fingerprint density at radius 1 is 1.31 bits per heavy atom. The Morgan fingerprint density at radius 3 is 2.69 bits per heavy atom. The van der Waals surface area contributed by atoms with Gasteiger partial charge in [0.1, 0.15) is 11.5 Å². The number of halogens is 5. The number of hydrogen-bond donors (Lipinski definition) is 1. The van der Waals surface area contributed by atoms with Crippen LogP contribution in [0.1, 0.15) is 37.8 Å². The Hall–Kier alpha value is -2.30. The van der Waals surface area contributed by atoms with E-state index in [1.807, 2.05) is 4.72 Å². The van der Waals surface area contributed by atoms with Gasteiger partial charge in [0.2, 0.25) is 0 Å². The second-order valence-corrected chi connectivity index (χ2v) is 11.2. The summed E-state index contributed by atoms with van der Waals surface area (Å²) < 4.78 is 72.2. The van der Waals surface area contributed by atoms with Gasteiger partial charge in [0, 0.05) is 17.2 Å². The molecule has 1 aliphatic carbocycles. The van der Waals surface area contributed by atoms with Gasteiger partial charge in [-0.05, 0) is 75.1 Å². The van der Waals surface area contributed by atoms with E-state index in [1.54, 1.807) is 13.0 Å². The molecule has 3 rings (SSSR count). The first-order chi connectivity index (χ1) is 16.2. The predicted octanol–water partition coefficient (Wildman–Crippen LogP) is 5.53. The van der Waals surface area contributed by atoms with Gasteiger partial charge in [-0.25, -0.2) is 13.1 Å². The molecule has 0 saturated heterocycles. The van der Waals surface area contributed by atoms with Gasteiger partial charge in [-0.3, -0.25) is 9.79 Å². The molecule has 1 amide bonds. The molecule has 0 spiro atoms. The van der Waals surface area contributed by atoms with Gasteiger partial charge in [-0.1, -0.05) is 11.6 Å². The molecule has 1 aliphatic heterocycles. The molecule has 0 bridgehead atoms. The van der Waals surface area contributed by atoms with Crippen molar-refractivity contribution < 1.29 is 31.1 Å². The Morgan fingerprint density at radius 2 is 2.03 bits per heavy atom. The highest BCUT2D eigenvalue weighted by Crippen LogP contribution is 2.37. The number of allylic oxidation sites excluding steroid dienone is 4. The molecule has 0 saturated carbocycles. The van der Waals surface area contributed by atoms with Crippen LogP contribution in [0.4, 0.5) is 13.2 Å². The first-order valence-electron chi connectivity index (χ1n) is 10.6. The van der Waals surface area contributed by atoms with Crippen molar-refractivity contribution in [3.63, 3.8) is 0 Å². The fourth-order valence-corrected chi connectivity index (χ4v) is 5.70. The van der Waals surface area contributed by atoms with Crippen molar-refractivity contribution in [2.24, 2.45) is 10.9 Å². The van der Waals surface area contributed by atoms with Gasteiger partial charge in [0.05, 0.1) is 21.9 Å². The van der Waals surface area contributed by atoms with Gasteiger partial charge in [0.25, 0.3) is 15.9 Å². The van der Waals surface area contributed by atoms with Gasteiger partial charge in [-0.2, -0.15) is 13.2 Å². The van der Waals surface area contributed by atoms with Crippen molar-refractivity contribution in [2.75, 3.05) is 6.61 Å². The number of aryl methyl sites for hydroxylation is 1. The van der Waals surface area contributed by atoms with E-state index in [0.29, 0.717) is 24.4 Å². The van der Waals surface area contributed by atoms with E-state index < -0.39 is 32.5 Å². The maximum absolute atomic E-state index is 13.0. The highest BCUT2D eigenvalue weighted by Gasteiger charge is 2.39. The van der Waals surface area contributed by atoms with Crippen LogP contribution in [-0.4, -0.2) is 32.0 Å². The number of nitrogens with one attached hydrogen (secondary N) is 1. The maximum atomic E-state index is 13.0. The number of carbonyl (C=O) groups is 1. The van der Waals surface area contributed by atoms with Gasteiger partial charge in [0.15, 0.2) is 0 Å². The molecule has 0 radical (unpaired) electrons. The molecule has 0 aromatic heterocycles. The SMILES string of the molecule is CCOC1=CCC(C)(Cl)C(S(=O)(=O)NC(=O)C2=CC(CCc3cc(Cl)cc(C(F)(F)F)c3)C=N2)=C1. The number of carbonyl (C=O) groups excluding carboxylic acids is 1. The Balaban J connectivity index is 1.68. The molecule has 1 heterocycles. The smallest absolute Gasteiger partial charge is 0.416 e. The van der Waals surface area contributed by atoms with E-state index in [1.165, 1.54) is 31.4 Å². The molecular formula is C23H23Cl2F3N2O4S. The number of rotatable bonds is 8. The van der Waals surface area contributed by atoms with E-state index in [4.69, 9.17) is 27.9 Å². The zero-order valence-corrected chi connectivity index (χ0v) is 21.2. The van der Waals surface area contributed by atoms with Crippen LogP contribution in [0.15, 0.2) is 57.8 Å². The number of amides is 1. The zero-order chi connectivity index (χ0) is 26.0. The average molecular weight is 551 g/mol. The number of sulfonamides is 1. The second-order valence-electron chi connectivity index (χ2n) is 8.26. The molecule has 2 aliphatic rings. The summed E-state index contributed by atoms with van der Waals surface area (Å²) in [6, 6.07) is 3.32. The fourth-order valence-electron chi connectivity index (χ4n) is 3.63. The lowest BCUT2D eigenvalue weighted by atomic mass is 9.99. The minimum atomic E-state index is -4.52. The Kier molecular flexibility index (Phi) is 8.08. The first-order valence-corrected chi connectivity index (χ1v) is 12.9. The molecular weight excluding hydrogens is 528 g/mol. The highest BCUT2D eigenvalue weighted by atomic mass is 35.5. The quantitative estimate of drug-likeness (QED) is 0.431. The summed E-state index contributed by atoms with van der Waals surface area (Å²) in [6.07, 6.45) is 2.11. The number of hydrogen-bond acceptors (Lipinski definition) is 5. The number of nitrogens with zero attached hydrogens (tertiary/aromatic N) is 1. The fraction of sp³-hybridized carbons (Fsp3) is 0.391. The van der Waals surface area contributed by atoms with E-state index in [0.717, 1.165) is 12.1 Å². The zero-order valence-electron chi connectivity index (χ0n) is 18.8. The maximum Gasteiger partial charge on any atom is 0.416 e. The molecule has 2 unspecified atom stereocenters. The van der Waals surface area contributed by atoms with E-state index in [2.05, 4.69) is 4.99 Å². The summed E-state index contributed by atoms with van der Waals surface area (Å²) in [5.41, 5.74) is -0.573. The standard InChI is InChI=1S/C23H23Cl2F3N2O4S/c1-3-34-18-6-7-22(2,25)20(12-18)35(32,33)30-21(31)19-10-15(13-29-19)5-4-14-8-16(23(26,27)28)11-17(24)9-14/h6,8-13,15H,3-5,7H2,1-2H3,(H,30,31). The molecule has 12 heteroatoms. The summed E-state index contributed by atoms with van der Waals surface area (Å²) in [5.74, 6) is -0.968. The summed E-state index contributed by atoms with van der Waals surface area (Å²) in [7, 11) is -4.30. The monoisotopic (exact) mass is 550 g/mol. The third kappa shape index (κ3) is 6.89. The lowest BCUT2D eigenvalue weighted by molar-refractivity contribution is -0.137. The molecule has 6 nitrogen and oxygen atoms in total. The van der Waals surface area contributed by atoms with Crippen LogP contribution in [-0.2, 0) is 32.2 Å². The Bertz CT molecular complexity index is 1240. The van der Waals surface area contributed by atoms with Crippen molar-refractivity contribution in [3.8, 4) is 0 Å². The number of alkyl halides is 4. The molecule has 1 N–H and O–H groups in total. The summed E-state index contributed by atoms with van der Waals surface area (Å²) in [4.78, 5) is 15.1. The van der Waals surface area contributed by atoms with E-state index in [9.17, 15) is 26.4 Å². The number of benzene rings is 1. The normalized spacial score (nSPS) is 22.4. The van der Waals surface area contributed by atoms with Crippen LogP contribution in [0.2, 0.25) is 5.02 Å². The van der Waals surface area contributed by atoms with Crippen LogP contribution in [0.25, 0.3) is 0 Å².